The zero-order chi connectivity index (χ0) is 13.7. The Hall–Kier alpha value is -1.75. The number of hydrogen-bond acceptors (Lipinski definition) is 3. The first kappa shape index (κ1) is 14.3. The van der Waals surface area contributed by atoms with Crippen molar-refractivity contribution in [2.75, 3.05) is 0 Å². The number of carbonyl (C=O) groups is 2. The van der Waals surface area contributed by atoms with Gasteiger partial charge in [0.1, 0.15) is 11.6 Å². The largest absolute Gasteiger partial charge is 0.481 e. The number of halogens is 1. The highest BCUT2D eigenvalue weighted by molar-refractivity contribution is 5.87. The summed E-state index contributed by atoms with van der Waals surface area (Å²) in [4.78, 5) is 22.5. The predicted octanol–water partition coefficient (Wildman–Crippen LogP) is 1.38. The van der Waals surface area contributed by atoms with E-state index in [1.54, 1.807) is 6.07 Å². The van der Waals surface area contributed by atoms with Crippen LogP contribution in [-0.2, 0) is 16.0 Å². The highest BCUT2D eigenvalue weighted by Crippen LogP contribution is 2.15. The molecular formula is C13H16FNO3. The molecule has 0 aliphatic rings. The molecule has 2 atom stereocenters. The molecule has 0 radical (unpaired) electrons. The molecule has 0 amide bonds. The third kappa shape index (κ3) is 4.25. The fraction of sp³-hybridized carbons (Fsp3) is 0.385. The molecule has 0 fully saturated rings. The monoisotopic (exact) mass is 253 g/mol. The van der Waals surface area contributed by atoms with Crippen LogP contribution < -0.4 is 5.73 Å². The summed E-state index contributed by atoms with van der Waals surface area (Å²) in [5.41, 5.74) is 5.95. The van der Waals surface area contributed by atoms with Gasteiger partial charge in [-0.05, 0) is 31.0 Å². The number of ketones is 1. The molecule has 1 rings (SSSR count). The predicted molar refractivity (Wildman–Crippen MR) is 64.5 cm³/mol. The number of carbonyl (C=O) groups excluding carboxylic acids is 1. The molecule has 1 aromatic rings. The number of nitrogens with two attached hydrogens (primary N) is 1. The second-order valence-corrected chi connectivity index (χ2v) is 4.33. The van der Waals surface area contributed by atoms with E-state index in [-0.39, 0.29) is 18.6 Å². The van der Waals surface area contributed by atoms with Crippen LogP contribution in [0.15, 0.2) is 24.3 Å². The van der Waals surface area contributed by atoms with Crippen LogP contribution in [0.1, 0.15) is 18.9 Å². The molecule has 0 aliphatic heterocycles. The lowest BCUT2D eigenvalue weighted by atomic mass is 9.93. The van der Waals surface area contributed by atoms with Crippen molar-refractivity contribution in [3.8, 4) is 0 Å². The highest BCUT2D eigenvalue weighted by Gasteiger charge is 2.23. The summed E-state index contributed by atoms with van der Waals surface area (Å²) in [7, 11) is 0. The standard InChI is InChI=1S/C13H16FNO3/c1-8(15)12(16)7-10(13(17)18)5-9-3-2-4-11(14)6-9/h2-4,6,8,10H,5,7,15H2,1H3,(H,17,18)/t8-,10?/m0/s1. The Balaban J connectivity index is 2.75. The van der Waals surface area contributed by atoms with Crippen LogP contribution in [0.4, 0.5) is 4.39 Å². The summed E-state index contributed by atoms with van der Waals surface area (Å²) in [6.45, 7) is 1.52. The Kier molecular flexibility index (Phi) is 4.97. The van der Waals surface area contributed by atoms with E-state index >= 15 is 0 Å². The molecule has 5 heteroatoms. The molecule has 4 nitrogen and oxygen atoms in total. The van der Waals surface area contributed by atoms with Crippen molar-refractivity contribution in [2.45, 2.75) is 25.8 Å². The van der Waals surface area contributed by atoms with Gasteiger partial charge >= 0.3 is 5.97 Å². The van der Waals surface area contributed by atoms with E-state index in [9.17, 15) is 14.0 Å². The molecule has 98 valence electrons. The highest BCUT2D eigenvalue weighted by atomic mass is 19.1. The van der Waals surface area contributed by atoms with Crippen molar-refractivity contribution in [3.63, 3.8) is 0 Å². The van der Waals surface area contributed by atoms with Crippen molar-refractivity contribution in [1.29, 1.82) is 0 Å². The first-order valence-electron chi connectivity index (χ1n) is 5.65. The number of rotatable bonds is 6. The molecule has 1 aromatic carbocycles. The molecule has 0 saturated carbocycles. The summed E-state index contributed by atoms with van der Waals surface area (Å²) in [5, 5.41) is 9.05. The zero-order valence-electron chi connectivity index (χ0n) is 10.1. The van der Waals surface area contributed by atoms with Crippen LogP contribution in [0.5, 0.6) is 0 Å². The third-order valence-electron chi connectivity index (χ3n) is 2.68. The number of benzene rings is 1. The SMILES string of the molecule is C[C@H](N)C(=O)CC(Cc1cccc(F)c1)C(=O)O. The Bertz CT molecular complexity index is 446. The summed E-state index contributed by atoms with van der Waals surface area (Å²) in [6.07, 6.45) is -0.0188. The zero-order valence-corrected chi connectivity index (χ0v) is 10.1. The Morgan fingerprint density at radius 1 is 1.44 bits per heavy atom. The van der Waals surface area contributed by atoms with E-state index in [1.807, 2.05) is 0 Å². The van der Waals surface area contributed by atoms with Crippen molar-refractivity contribution >= 4 is 11.8 Å². The smallest absolute Gasteiger partial charge is 0.307 e. The quantitative estimate of drug-likeness (QED) is 0.802. The molecule has 0 aliphatic carbocycles. The normalized spacial score (nSPS) is 13.9. The van der Waals surface area contributed by atoms with Crippen molar-refractivity contribution in [2.24, 2.45) is 11.7 Å². The van der Waals surface area contributed by atoms with E-state index in [4.69, 9.17) is 10.8 Å². The third-order valence-corrected chi connectivity index (χ3v) is 2.68. The van der Waals surface area contributed by atoms with Gasteiger partial charge in [0.2, 0.25) is 0 Å². The van der Waals surface area contributed by atoms with E-state index in [0.29, 0.717) is 5.56 Å². The van der Waals surface area contributed by atoms with Gasteiger partial charge in [-0.2, -0.15) is 0 Å². The van der Waals surface area contributed by atoms with Crippen molar-refractivity contribution in [1.82, 2.24) is 0 Å². The van der Waals surface area contributed by atoms with Crippen molar-refractivity contribution in [3.05, 3.63) is 35.6 Å². The maximum absolute atomic E-state index is 13.0. The maximum atomic E-state index is 13.0. The van der Waals surface area contributed by atoms with Crippen LogP contribution >= 0.6 is 0 Å². The van der Waals surface area contributed by atoms with Gasteiger partial charge in [-0.1, -0.05) is 12.1 Å². The first-order valence-corrected chi connectivity index (χ1v) is 5.65. The van der Waals surface area contributed by atoms with E-state index < -0.39 is 23.7 Å². The number of carboxylic acid groups (broad SMARTS) is 1. The summed E-state index contributed by atoms with van der Waals surface area (Å²) >= 11 is 0. The van der Waals surface area contributed by atoms with Gasteiger partial charge in [-0.15, -0.1) is 0 Å². The minimum Gasteiger partial charge on any atom is -0.481 e. The van der Waals surface area contributed by atoms with Gasteiger partial charge in [0.05, 0.1) is 12.0 Å². The number of Topliss-reactive ketones (excluding diaryl/α,β-unsaturated/α-hetero) is 1. The average Bonchev–Trinajstić information content (AvgIpc) is 2.27. The molecular weight excluding hydrogens is 237 g/mol. The number of aliphatic carboxylic acids is 1. The van der Waals surface area contributed by atoms with Gasteiger partial charge in [-0.3, -0.25) is 9.59 Å². The molecule has 3 N–H and O–H groups in total. The molecule has 1 unspecified atom stereocenters. The molecule has 0 heterocycles. The first-order chi connectivity index (χ1) is 8.40. The van der Waals surface area contributed by atoms with Gasteiger partial charge in [0.25, 0.3) is 0 Å². The second-order valence-electron chi connectivity index (χ2n) is 4.33. The van der Waals surface area contributed by atoms with E-state index in [1.165, 1.54) is 25.1 Å². The van der Waals surface area contributed by atoms with Crippen LogP contribution in [0.2, 0.25) is 0 Å². The minimum absolute atomic E-state index is 0.117. The second kappa shape index (κ2) is 6.26. The van der Waals surface area contributed by atoms with Crippen LogP contribution in [-0.4, -0.2) is 22.9 Å². The van der Waals surface area contributed by atoms with Gasteiger partial charge in [-0.25, -0.2) is 4.39 Å². The van der Waals surface area contributed by atoms with Gasteiger partial charge < -0.3 is 10.8 Å². The lowest BCUT2D eigenvalue weighted by Crippen LogP contribution is -2.31. The van der Waals surface area contributed by atoms with Gasteiger partial charge in [0.15, 0.2) is 0 Å². The molecule has 0 spiro atoms. The number of hydrogen-bond donors (Lipinski definition) is 2. The van der Waals surface area contributed by atoms with Gasteiger partial charge in [0, 0.05) is 6.42 Å². The Labute approximate surface area is 105 Å². The maximum Gasteiger partial charge on any atom is 0.307 e. The number of carboxylic acids is 1. The molecule has 0 bridgehead atoms. The van der Waals surface area contributed by atoms with Crippen LogP contribution in [0, 0.1) is 11.7 Å². The summed E-state index contributed by atoms with van der Waals surface area (Å²) < 4.78 is 13.0. The fourth-order valence-corrected chi connectivity index (χ4v) is 1.62. The lowest BCUT2D eigenvalue weighted by molar-refractivity contribution is -0.143. The van der Waals surface area contributed by atoms with E-state index in [2.05, 4.69) is 0 Å². The molecule has 0 saturated heterocycles. The minimum atomic E-state index is -1.08. The Morgan fingerprint density at radius 2 is 2.11 bits per heavy atom. The lowest BCUT2D eigenvalue weighted by Gasteiger charge is -2.13. The fourth-order valence-electron chi connectivity index (χ4n) is 1.62. The van der Waals surface area contributed by atoms with E-state index in [0.717, 1.165) is 0 Å². The van der Waals surface area contributed by atoms with Crippen molar-refractivity contribution < 1.29 is 19.1 Å². The average molecular weight is 253 g/mol. The molecule has 0 aromatic heterocycles. The van der Waals surface area contributed by atoms with Crippen LogP contribution in [0.25, 0.3) is 0 Å². The van der Waals surface area contributed by atoms with Crippen LogP contribution in [0.3, 0.4) is 0 Å². The summed E-state index contributed by atoms with van der Waals surface area (Å²) in [5.74, 6) is -2.67. The molecule has 18 heavy (non-hydrogen) atoms. The Morgan fingerprint density at radius 3 is 2.61 bits per heavy atom. The summed E-state index contributed by atoms with van der Waals surface area (Å²) in [6, 6.07) is 5.02. The topological polar surface area (TPSA) is 80.4 Å².